The van der Waals surface area contributed by atoms with Gasteiger partial charge in [0.25, 0.3) is 0 Å². The number of halogens is 1. The monoisotopic (exact) mass is 388 g/mol. The number of aromatic nitrogens is 2. The number of rotatable bonds is 8. The Balaban J connectivity index is 1.79. The number of benzene rings is 1. The van der Waals surface area contributed by atoms with Crippen LogP contribution >= 0.6 is 15.9 Å². The highest BCUT2D eigenvalue weighted by molar-refractivity contribution is 9.10. The van der Waals surface area contributed by atoms with Crippen molar-refractivity contribution in [3.8, 4) is 17.1 Å². The molecule has 0 unspecified atom stereocenters. The van der Waals surface area contributed by atoms with E-state index in [0.29, 0.717) is 11.7 Å². The Kier molecular flexibility index (Phi) is 7.44. The smallest absolute Gasteiger partial charge is 0.160 e. The highest BCUT2D eigenvalue weighted by atomic mass is 79.9. The van der Waals surface area contributed by atoms with Gasteiger partial charge < -0.3 is 4.74 Å². The molecule has 0 N–H and O–H groups in total. The zero-order valence-electron chi connectivity index (χ0n) is 14.6. The van der Waals surface area contributed by atoms with E-state index in [1.54, 1.807) is 6.20 Å². The normalized spacial score (nSPS) is 11.8. The maximum absolute atomic E-state index is 5.85. The largest absolute Gasteiger partial charge is 0.494 e. The molecule has 24 heavy (non-hydrogen) atoms. The van der Waals surface area contributed by atoms with Crippen LogP contribution in [-0.2, 0) is 0 Å². The molecule has 0 saturated heterocycles. The summed E-state index contributed by atoms with van der Waals surface area (Å²) >= 11 is 3.37. The lowest BCUT2D eigenvalue weighted by Crippen LogP contribution is -2.04. The molecule has 0 radical (unpaired) electrons. The maximum Gasteiger partial charge on any atom is 0.160 e. The van der Waals surface area contributed by atoms with E-state index in [2.05, 4.69) is 52.7 Å². The number of allylic oxidation sites excluding steroid dienone is 2. The third-order valence-electron chi connectivity index (χ3n) is 3.83. The van der Waals surface area contributed by atoms with E-state index in [4.69, 9.17) is 4.74 Å². The molecule has 4 heteroatoms. The van der Waals surface area contributed by atoms with Gasteiger partial charge in [0.1, 0.15) is 10.4 Å². The van der Waals surface area contributed by atoms with Gasteiger partial charge in [-0.15, -0.1) is 0 Å². The molecule has 0 aliphatic heterocycles. The standard InChI is InChI=1S/C20H25BrN2O/c1-15(2)5-4-6-16(3)12-14-24-18-9-7-17(8-10-18)20-22-13-11-19(21)23-20/h5,7-11,13,16H,4,6,12,14H2,1-3H3/t16-/m0/s1. The quantitative estimate of drug-likeness (QED) is 0.407. The van der Waals surface area contributed by atoms with E-state index in [1.807, 2.05) is 30.3 Å². The third kappa shape index (κ3) is 6.44. The van der Waals surface area contributed by atoms with Crippen molar-refractivity contribution in [2.24, 2.45) is 5.92 Å². The Bertz CT molecular complexity index is 664. The zero-order valence-corrected chi connectivity index (χ0v) is 16.2. The summed E-state index contributed by atoms with van der Waals surface area (Å²) in [7, 11) is 0. The molecular weight excluding hydrogens is 364 g/mol. The van der Waals surface area contributed by atoms with Crippen LogP contribution in [0.1, 0.15) is 40.0 Å². The van der Waals surface area contributed by atoms with Crippen molar-refractivity contribution in [1.82, 2.24) is 9.97 Å². The Morgan fingerprint density at radius 3 is 2.58 bits per heavy atom. The summed E-state index contributed by atoms with van der Waals surface area (Å²) in [5.41, 5.74) is 2.38. The average molecular weight is 389 g/mol. The van der Waals surface area contributed by atoms with Crippen LogP contribution in [0.4, 0.5) is 0 Å². The first-order valence-electron chi connectivity index (χ1n) is 8.39. The molecule has 0 aliphatic carbocycles. The predicted molar refractivity (Wildman–Crippen MR) is 103 cm³/mol. The van der Waals surface area contributed by atoms with Crippen LogP contribution in [0.2, 0.25) is 0 Å². The Labute approximate surface area is 153 Å². The molecule has 0 aliphatic rings. The molecule has 128 valence electrons. The van der Waals surface area contributed by atoms with E-state index < -0.39 is 0 Å². The molecule has 3 nitrogen and oxygen atoms in total. The summed E-state index contributed by atoms with van der Waals surface area (Å²) in [6, 6.07) is 9.77. The summed E-state index contributed by atoms with van der Waals surface area (Å²) in [4.78, 5) is 8.64. The second-order valence-corrected chi connectivity index (χ2v) is 7.14. The van der Waals surface area contributed by atoms with E-state index in [0.717, 1.165) is 35.4 Å². The molecule has 1 heterocycles. The highest BCUT2D eigenvalue weighted by Crippen LogP contribution is 2.21. The number of hydrogen-bond donors (Lipinski definition) is 0. The van der Waals surface area contributed by atoms with Gasteiger partial charge in [-0.1, -0.05) is 18.6 Å². The summed E-state index contributed by atoms with van der Waals surface area (Å²) in [5.74, 6) is 2.28. The van der Waals surface area contributed by atoms with E-state index in [9.17, 15) is 0 Å². The fourth-order valence-electron chi connectivity index (χ4n) is 2.35. The first-order valence-corrected chi connectivity index (χ1v) is 9.19. The van der Waals surface area contributed by atoms with Gasteiger partial charge in [-0.2, -0.15) is 0 Å². The lowest BCUT2D eigenvalue weighted by atomic mass is 10.0. The van der Waals surface area contributed by atoms with E-state index >= 15 is 0 Å². The molecule has 0 bridgehead atoms. The fourth-order valence-corrected chi connectivity index (χ4v) is 2.64. The molecule has 0 saturated carbocycles. The van der Waals surface area contributed by atoms with Gasteiger partial charge in [0, 0.05) is 11.8 Å². The van der Waals surface area contributed by atoms with E-state index in [-0.39, 0.29) is 0 Å². The molecule has 1 atom stereocenters. The van der Waals surface area contributed by atoms with Gasteiger partial charge in [-0.25, -0.2) is 9.97 Å². The first-order chi connectivity index (χ1) is 11.5. The predicted octanol–water partition coefficient (Wildman–Crippen LogP) is 6.06. The number of ether oxygens (including phenoxy) is 1. The van der Waals surface area contributed by atoms with Gasteiger partial charge in [0.15, 0.2) is 5.82 Å². The Morgan fingerprint density at radius 2 is 1.92 bits per heavy atom. The van der Waals surface area contributed by atoms with Gasteiger partial charge in [0.05, 0.1) is 6.61 Å². The topological polar surface area (TPSA) is 35.0 Å². The molecule has 1 aromatic carbocycles. The van der Waals surface area contributed by atoms with Crippen molar-refractivity contribution in [3.63, 3.8) is 0 Å². The molecule has 1 aromatic heterocycles. The van der Waals surface area contributed by atoms with Crippen LogP contribution in [0.25, 0.3) is 11.4 Å². The first kappa shape index (κ1) is 18.7. The summed E-state index contributed by atoms with van der Waals surface area (Å²) in [5, 5.41) is 0. The van der Waals surface area contributed by atoms with Crippen molar-refractivity contribution in [2.45, 2.75) is 40.0 Å². The van der Waals surface area contributed by atoms with Crippen LogP contribution < -0.4 is 4.74 Å². The molecule has 2 aromatic rings. The lowest BCUT2D eigenvalue weighted by molar-refractivity contribution is 0.279. The van der Waals surface area contributed by atoms with Gasteiger partial charge in [-0.05, 0) is 85.3 Å². The van der Waals surface area contributed by atoms with Crippen LogP contribution in [0.15, 0.2) is 52.8 Å². The highest BCUT2D eigenvalue weighted by Gasteiger charge is 2.04. The number of nitrogens with zero attached hydrogens (tertiary/aromatic N) is 2. The van der Waals surface area contributed by atoms with Crippen molar-refractivity contribution < 1.29 is 4.74 Å². The van der Waals surface area contributed by atoms with Gasteiger partial charge >= 0.3 is 0 Å². The molecule has 2 rings (SSSR count). The van der Waals surface area contributed by atoms with Crippen LogP contribution in [0.3, 0.4) is 0 Å². The number of hydrogen-bond acceptors (Lipinski definition) is 3. The zero-order chi connectivity index (χ0) is 17.4. The maximum atomic E-state index is 5.85. The second-order valence-electron chi connectivity index (χ2n) is 6.33. The second kappa shape index (κ2) is 9.58. The lowest BCUT2D eigenvalue weighted by Gasteiger charge is -2.12. The molecule has 0 amide bonds. The molecule has 0 spiro atoms. The van der Waals surface area contributed by atoms with Crippen molar-refractivity contribution >= 4 is 15.9 Å². The van der Waals surface area contributed by atoms with Gasteiger partial charge in [0.2, 0.25) is 0 Å². The molecule has 0 fully saturated rings. The van der Waals surface area contributed by atoms with E-state index in [1.165, 1.54) is 12.0 Å². The van der Waals surface area contributed by atoms with Crippen molar-refractivity contribution in [2.75, 3.05) is 6.61 Å². The Hall–Kier alpha value is -1.68. The minimum absolute atomic E-state index is 0.676. The van der Waals surface area contributed by atoms with Crippen LogP contribution in [0.5, 0.6) is 5.75 Å². The summed E-state index contributed by atoms with van der Waals surface area (Å²) in [6.07, 6.45) is 7.50. The van der Waals surface area contributed by atoms with Gasteiger partial charge in [-0.3, -0.25) is 0 Å². The van der Waals surface area contributed by atoms with Crippen molar-refractivity contribution in [3.05, 3.63) is 52.8 Å². The van der Waals surface area contributed by atoms with Crippen molar-refractivity contribution in [1.29, 1.82) is 0 Å². The van der Waals surface area contributed by atoms with Crippen LogP contribution in [-0.4, -0.2) is 16.6 Å². The molecular formula is C20H25BrN2O. The van der Waals surface area contributed by atoms with Crippen LogP contribution in [0, 0.1) is 5.92 Å². The average Bonchev–Trinajstić information content (AvgIpc) is 2.55. The fraction of sp³-hybridized carbons (Fsp3) is 0.400. The minimum Gasteiger partial charge on any atom is -0.494 e. The SMILES string of the molecule is CC(C)=CCC[C@H](C)CCOc1ccc(-c2nccc(Br)n2)cc1. The Morgan fingerprint density at radius 1 is 1.17 bits per heavy atom. The summed E-state index contributed by atoms with van der Waals surface area (Å²) < 4.78 is 6.64. The summed E-state index contributed by atoms with van der Waals surface area (Å²) in [6.45, 7) is 7.34. The minimum atomic E-state index is 0.676. The third-order valence-corrected chi connectivity index (χ3v) is 4.27.